The van der Waals surface area contributed by atoms with Crippen molar-refractivity contribution in [3.63, 3.8) is 0 Å². The number of benzene rings is 2. The zero-order valence-corrected chi connectivity index (χ0v) is 18.2. The van der Waals surface area contributed by atoms with Crippen LogP contribution in [0.5, 0.6) is 0 Å². The minimum absolute atomic E-state index is 0.0719. The summed E-state index contributed by atoms with van der Waals surface area (Å²) in [6, 6.07) is 13.3. The largest absolute Gasteiger partial charge is 0.353 e. The van der Waals surface area contributed by atoms with E-state index in [1.165, 1.54) is 24.3 Å². The van der Waals surface area contributed by atoms with Crippen molar-refractivity contribution in [1.82, 2.24) is 19.8 Å². The molecule has 0 unspecified atom stereocenters. The van der Waals surface area contributed by atoms with Crippen LogP contribution < -0.4 is 5.32 Å². The standard InChI is InChI=1S/C23H21FN4O3S/c1-2-20-26-17-5-3-4-6-18(17)28(20)14-21(29)25-11-12-27-22(30)19(32-23(27)31)13-15-7-9-16(24)10-8-15/h3-10,13H,2,11-12,14H2,1H3,(H,25,29)/b19-13-. The molecule has 1 aliphatic heterocycles. The number of imide groups is 1. The number of fused-ring (bicyclic) bond motifs is 1. The minimum Gasteiger partial charge on any atom is -0.353 e. The predicted molar refractivity (Wildman–Crippen MR) is 121 cm³/mol. The van der Waals surface area contributed by atoms with Crippen molar-refractivity contribution in [2.24, 2.45) is 0 Å². The van der Waals surface area contributed by atoms with Gasteiger partial charge in [-0.2, -0.15) is 0 Å². The van der Waals surface area contributed by atoms with E-state index in [2.05, 4.69) is 10.3 Å². The molecule has 0 bridgehead atoms. The van der Waals surface area contributed by atoms with Crippen LogP contribution >= 0.6 is 11.8 Å². The zero-order chi connectivity index (χ0) is 22.7. The summed E-state index contributed by atoms with van der Waals surface area (Å²) < 4.78 is 14.9. The van der Waals surface area contributed by atoms with Crippen molar-refractivity contribution in [1.29, 1.82) is 0 Å². The van der Waals surface area contributed by atoms with Crippen LogP contribution in [-0.2, 0) is 22.6 Å². The number of thioether (sulfide) groups is 1. The highest BCUT2D eigenvalue weighted by Crippen LogP contribution is 2.31. The SMILES string of the molecule is CCc1nc2ccccc2n1CC(=O)NCCN1C(=O)S/C(=C\c2ccc(F)cc2)C1=O. The molecule has 3 aromatic rings. The third-order valence-electron chi connectivity index (χ3n) is 5.05. The molecule has 0 radical (unpaired) electrons. The second kappa shape index (κ2) is 9.35. The maximum Gasteiger partial charge on any atom is 0.293 e. The molecule has 7 nitrogen and oxygen atoms in total. The average Bonchev–Trinajstić information content (AvgIpc) is 3.27. The number of imidazole rings is 1. The Kier molecular flexibility index (Phi) is 6.36. The number of amides is 3. The molecular formula is C23H21FN4O3S. The van der Waals surface area contributed by atoms with Gasteiger partial charge in [-0.1, -0.05) is 31.2 Å². The Morgan fingerprint density at radius 2 is 1.91 bits per heavy atom. The summed E-state index contributed by atoms with van der Waals surface area (Å²) in [6.07, 6.45) is 2.25. The first kappa shape index (κ1) is 21.8. The number of halogens is 1. The molecule has 1 saturated heterocycles. The number of aryl methyl sites for hydroxylation is 1. The van der Waals surface area contributed by atoms with Crippen molar-refractivity contribution < 1.29 is 18.8 Å². The number of hydrogen-bond acceptors (Lipinski definition) is 5. The molecule has 32 heavy (non-hydrogen) atoms. The van der Waals surface area contributed by atoms with E-state index < -0.39 is 11.1 Å². The van der Waals surface area contributed by atoms with Gasteiger partial charge in [-0.3, -0.25) is 19.3 Å². The topological polar surface area (TPSA) is 84.3 Å². The quantitative estimate of drug-likeness (QED) is 0.554. The first-order valence-corrected chi connectivity index (χ1v) is 11.0. The van der Waals surface area contributed by atoms with Gasteiger partial charge in [0.25, 0.3) is 11.1 Å². The fourth-order valence-corrected chi connectivity index (χ4v) is 4.35. The van der Waals surface area contributed by atoms with Gasteiger partial charge in [-0.15, -0.1) is 0 Å². The molecular weight excluding hydrogens is 431 g/mol. The number of nitrogens with zero attached hydrogens (tertiary/aromatic N) is 3. The van der Waals surface area contributed by atoms with Gasteiger partial charge in [-0.25, -0.2) is 9.37 Å². The molecule has 1 fully saturated rings. The molecule has 9 heteroatoms. The van der Waals surface area contributed by atoms with Crippen LogP contribution in [0.2, 0.25) is 0 Å². The molecule has 3 amide bonds. The van der Waals surface area contributed by atoms with Crippen LogP contribution in [0.1, 0.15) is 18.3 Å². The lowest BCUT2D eigenvalue weighted by molar-refractivity contribution is -0.124. The minimum atomic E-state index is -0.424. The van der Waals surface area contributed by atoms with Crippen molar-refractivity contribution in [3.05, 3.63) is 70.6 Å². The van der Waals surface area contributed by atoms with Gasteiger partial charge in [0.1, 0.15) is 18.2 Å². The molecule has 0 spiro atoms. The summed E-state index contributed by atoms with van der Waals surface area (Å²) in [5.74, 6) is -0.205. The first-order chi connectivity index (χ1) is 15.5. The molecule has 1 aliphatic rings. The maximum absolute atomic E-state index is 13.0. The number of rotatable bonds is 7. The third kappa shape index (κ3) is 4.57. The average molecular weight is 453 g/mol. The zero-order valence-electron chi connectivity index (χ0n) is 17.4. The fourth-order valence-electron chi connectivity index (χ4n) is 3.48. The van der Waals surface area contributed by atoms with E-state index in [-0.39, 0.29) is 36.3 Å². The van der Waals surface area contributed by atoms with Crippen LogP contribution in [0.25, 0.3) is 17.1 Å². The van der Waals surface area contributed by atoms with Crippen LogP contribution in [0, 0.1) is 5.82 Å². The van der Waals surface area contributed by atoms with Gasteiger partial charge in [0.15, 0.2) is 0 Å². The van der Waals surface area contributed by atoms with Gasteiger partial charge in [-0.05, 0) is 47.7 Å². The number of hydrogen-bond donors (Lipinski definition) is 1. The normalized spacial score (nSPS) is 15.2. The van der Waals surface area contributed by atoms with Gasteiger partial charge in [0, 0.05) is 19.5 Å². The van der Waals surface area contributed by atoms with Gasteiger partial charge in [0.2, 0.25) is 5.91 Å². The lowest BCUT2D eigenvalue weighted by Crippen LogP contribution is -2.38. The Balaban J connectivity index is 1.35. The molecule has 0 atom stereocenters. The van der Waals surface area contributed by atoms with E-state index in [1.807, 2.05) is 35.8 Å². The molecule has 164 valence electrons. The molecule has 0 saturated carbocycles. The Hall–Kier alpha value is -3.46. The van der Waals surface area contributed by atoms with E-state index in [1.54, 1.807) is 6.08 Å². The van der Waals surface area contributed by atoms with E-state index >= 15 is 0 Å². The summed E-state index contributed by atoms with van der Waals surface area (Å²) in [6.45, 7) is 2.31. The van der Waals surface area contributed by atoms with Crippen molar-refractivity contribution in [3.8, 4) is 0 Å². The number of aromatic nitrogens is 2. The fraction of sp³-hybridized carbons (Fsp3) is 0.217. The van der Waals surface area contributed by atoms with Crippen molar-refractivity contribution in [2.45, 2.75) is 19.9 Å². The highest BCUT2D eigenvalue weighted by molar-refractivity contribution is 8.18. The summed E-state index contributed by atoms with van der Waals surface area (Å²) in [5.41, 5.74) is 2.35. The highest BCUT2D eigenvalue weighted by atomic mass is 32.2. The highest BCUT2D eigenvalue weighted by Gasteiger charge is 2.34. The Labute approximate surface area is 188 Å². The van der Waals surface area contributed by atoms with Gasteiger partial charge >= 0.3 is 0 Å². The monoisotopic (exact) mass is 452 g/mol. The number of nitrogens with one attached hydrogen (secondary N) is 1. The second-order valence-electron chi connectivity index (χ2n) is 7.19. The Morgan fingerprint density at radius 1 is 1.16 bits per heavy atom. The van der Waals surface area contributed by atoms with Crippen LogP contribution in [-0.4, -0.2) is 44.6 Å². The predicted octanol–water partition coefficient (Wildman–Crippen LogP) is 3.59. The molecule has 1 aromatic heterocycles. The molecule has 2 aromatic carbocycles. The molecule has 4 rings (SSSR count). The van der Waals surface area contributed by atoms with E-state index in [4.69, 9.17) is 0 Å². The van der Waals surface area contributed by atoms with Gasteiger partial charge in [0.05, 0.1) is 15.9 Å². The van der Waals surface area contributed by atoms with E-state index in [0.717, 1.165) is 33.5 Å². The molecule has 0 aliphatic carbocycles. The van der Waals surface area contributed by atoms with Crippen molar-refractivity contribution in [2.75, 3.05) is 13.1 Å². The molecule has 1 N–H and O–H groups in total. The van der Waals surface area contributed by atoms with Crippen LogP contribution in [0.3, 0.4) is 0 Å². The Morgan fingerprint density at radius 3 is 2.66 bits per heavy atom. The summed E-state index contributed by atoms with van der Waals surface area (Å²) >= 11 is 0.829. The summed E-state index contributed by atoms with van der Waals surface area (Å²) in [7, 11) is 0. The van der Waals surface area contributed by atoms with E-state index in [9.17, 15) is 18.8 Å². The maximum atomic E-state index is 13.0. The van der Waals surface area contributed by atoms with E-state index in [0.29, 0.717) is 12.0 Å². The van der Waals surface area contributed by atoms with Crippen LogP contribution in [0.15, 0.2) is 53.4 Å². The first-order valence-electron chi connectivity index (χ1n) is 10.2. The van der Waals surface area contributed by atoms with Crippen LogP contribution in [0.4, 0.5) is 9.18 Å². The smallest absolute Gasteiger partial charge is 0.293 e. The van der Waals surface area contributed by atoms with Crippen molar-refractivity contribution >= 4 is 45.9 Å². The summed E-state index contributed by atoms with van der Waals surface area (Å²) in [4.78, 5) is 43.2. The number of carbonyl (C=O) groups excluding carboxylic acids is 3. The lowest BCUT2D eigenvalue weighted by atomic mass is 10.2. The third-order valence-corrected chi connectivity index (χ3v) is 5.96. The lowest BCUT2D eigenvalue weighted by Gasteiger charge is -2.14. The number of para-hydroxylation sites is 2. The van der Waals surface area contributed by atoms with Gasteiger partial charge < -0.3 is 9.88 Å². The summed E-state index contributed by atoms with van der Waals surface area (Å²) in [5, 5.41) is 2.37. The number of carbonyl (C=O) groups is 3. The Bertz CT molecular complexity index is 1220. The molecule has 2 heterocycles. The second-order valence-corrected chi connectivity index (χ2v) is 8.18.